The van der Waals surface area contributed by atoms with E-state index in [0.717, 1.165) is 17.8 Å². The van der Waals surface area contributed by atoms with Crippen molar-refractivity contribution < 1.29 is 9.59 Å². The van der Waals surface area contributed by atoms with E-state index in [4.69, 9.17) is 9.59 Å². The molecule has 0 heterocycles. The summed E-state index contributed by atoms with van der Waals surface area (Å²) in [5.41, 5.74) is 0. The van der Waals surface area contributed by atoms with E-state index in [2.05, 4.69) is 55.4 Å². The molecule has 0 atom stereocenters. The van der Waals surface area contributed by atoms with Gasteiger partial charge in [0.15, 0.2) is 0 Å². The van der Waals surface area contributed by atoms with E-state index in [-0.39, 0.29) is 6.15 Å². The molecule has 0 unspecified atom stereocenters. The summed E-state index contributed by atoms with van der Waals surface area (Å²) in [5.74, 6) is 2.78. The Morgan fingerprint density at radius 2 is 1.00 bits per heavy atom. The third kappa shape index (κ3) is 36.4. The molecule has 0 saturated carbocycles. The Morgan fingerprint density at radius 3 is 1.20 bits per heavy atom. The van der Waals surface area contributed by atoms with Crippen molar-refractivity contribution in [1.29, 1.82) is 0 Å². The van der Waals surface area contributed by atoms with Crippen molar-refractivity contribution in [2.75, 3.05) is 0 Å². The van der Waals surface area contributed by atoms with Crippen molar-refractivity contribution in [1.82, 2.24) is 0 Å². The highest BCUT2D eigenvalue weighted by Crippen LogP contribution is 2.21. The molecule has 0 spiro atoms. The lowest BCUT2D eigenvalue weighted by molar-refractivity contribution is -0.191. The van der Waals surface area contributed by atoms with Crippen LogP contribution in [0.5, 0.6) is 0 Å². The molecule has 0 bridgehead atoms. The molecule has 0 radical (unpaired) electrons. The maximum absolute atomic E-state index is 8.12. The maximum Gasteiger partial charge on any atom is 0.373 e. The van der Waals surface area contributed by atoms with E-state index < -0.39 is 14.1 Å². The summed E-state index contributed by atoms with van der Waals surface area (Å²) < 4.78 is 3.19. The number of hydrogen-bond acceptors (Lipinski definition) is 2. The predicted molar refractivity (Wildman–Crippen MR) is 115 cm³/mol. The van der Waals surface area contributed by atoms with Crippen LogP contribution < -0.4 is 0 Å². The number of carbonyl (C=O) groups excluding carboxylic acids is 2. The molecule has 0 N–H and O–H groups in total. The van der Waals surface area contributed by atoms with Crippen LogP contribution in [0.1, 0.15) is 81.1 Å². The summed E-state index contributed by atoms with van der Waals surface area (Å²) >= 11 is -0.0181. The average molecular weight is 381 g/mol. The summed E-state index contributed by atoms with van der Waals surface area (Å²) in [4.78, 5) is 16.2. The molecule has 0 aromatic carbocycles. The normalized spacial score (nSPS) is 9.72. The summed E-state index contributed by atoms with van der Waals surface area (Å²) in [5, 5.41) is 4.66. The van der Waals surface area contributed by atoms with Crippen LogP contribution >= 0.6 is 0 Å². The Morgan fingerprint density at radius 1 is 0.720 bits per heavy atom. The minimum absolute atomic E-state index is 0.250. The van der Waals surface area contributed by atoms with Crippen molar-refractivity contribution >= 4 is 40.7 Å². The highest BCUT2D eigenvalue weighted by Gasteiger charge is 2.20. The summed E-state index contributed by atoms with van der Waals surface area (Å²) in [6.07, 6.45) is 6.05. The smallest absolute Gasteiger partial charge is 0.186 e. The molecule has 25 heavy (non-hydrogen) atoms. The fourth-order valence-corrected chi connectivity index (χ4v) is 9.96. The lowest BCUT2D eigenvalue weighted by Crippen LogP contribution is -2.19. The molecule has 0 aliphatic heterocycles. The van der Waals surface area contributed by atoms with Crippen LogP contribution in [0.15, 0.2) is 0 Å². The first kappa shape index (κ1) is 30.4. The van der Waals surface area contributed by atoms with Gasteiger partial charge in [0.25, 0.3) is 14.1 Å². The Kier molecular flexibility index (Phi) is 30.0. The van der Waals surface area contributed by atoms with Crippen LogP contribution in [-0.2, 0) is 9.59 Å². The topological polar surface area (TPSA) is 34.1 Å². The second kappa shape index (κ2) is 24.7. The third-order valence-electron chi connectivity index (χ3n) is 4.12. The zero-order valence-electron chi connectivity index (χ0n) is 18.7. The largest absolute Gasteiger partial charge is 0.373 e. The van der Waals surface area contributed by atoms with Crippen LogP contribution in [0.3, 0.4) is 0 Å². The van der Waals surface area contributed by atoms with Gasteiger partial charge in [-0.25, -0.2) is 0 Å². The van der Waals surface area contributed by atoms with Gasteiger partial charge in [-0.15, -0.1) is 9.10 Å². The van der Waals surface area contributed by atoms with Crippen molar-refractivity contribution in [3.63, 3.8) is 0 Å². The van der Waals surface area contributed by atoms with Crippen LogP contribution in [0, 0.1) is 17.8 Å². The van der Waals surface area contributed by atoms with Gasteiger partial charge in [0.1, 0.15) is 0 Å². The van der Waals surface area contributed by atoms with E-state index in [1.807, 2.05) is 0 Å². The Balaban J connectivity index is -0.000000350. The van der Waals surface area contributed by atoms with E-state index in [1.165, 1.54) is 25.7 Å². The van der Waals surface area contributed by atoms with Gasteiger partial charge in [-0.1, -0.05) is 115 Å². The van der Waals surface area contributed by atoms with Crippen LogP contribution in [-0.4, -0.2) is 40.7 Å². The van der Waals surface area contributed by atoms with E-state index in [9.17, 15) is 0 Å². The highest BCUT2D eigenvalue weighted by molar-refractivity contribution is 6.58. The van der Waals surface area contributed by atoms with Crippen molar-refractivity contribution in [3.8, 4) is 0 Å². The molecule has 0 aromatic heterocycles. The monoisotopic (exact) mass is 380 g/mol. The molecule has 0 aliphatic rings. The van der Waals surface area contributed by atoms with Gasteiger partial charge in [0.05, 0.1) is 0 Å². The second-order valence-electron chi connectivity index (χ2n) is 8.61. The lowest BCUT2D eigenvalue weighted by Gasteiger charge is -2.17. The zero-order valence-corrected chi connectivity index (χ0v) is 21.3. The lowest BCUT2D eigenvalue weighted by atomic mass is 10.2. The molecule has 0 aliphatic carbocycles. The first-order chi connectivity index (χ1) is 11.7. The number of rotatable bonds is 12. The second-order valence-corrected chi connectivity index (χ2v) is 13.9. The fraction of sp³-hybridized carbons (Fsp3) is 0.952. The minimum atomic E-state index is -0.407. The van der Waals surface area contributed by atoms with Gasteiger partial charge in [0, 0.05) is 0 Å². The van der Waals surface area contributed by atoms with Crippen molar-refractivity contribution in [2.24, 2.45) is 17.8 Å². The molecule has 0 fully saturated rings. The maximum atomic E-state index is 8.12. The molecule has 0 aromatic rings. The van der Waals surface area contributed by atoms with Crippen LogP contribution in [0.2, 0.25) is 24.9 Å². The molecule has 0 amide bonds. The SMILES string of the molecule is CC(C)[CH2][Al]([CH2]C(C)C)[CH2]C(C)C.CCC[CH2][Mg][CH2]CCC.O=C=O. The predicted octanol–water partition coefficient (Wildman–Crippen LogP) is 6.99. The van der Waals surface area contributed by atoms with Gasteiger partial charge < -0.3 is 0 Å². The molecular weight excluding hydrogens is 336 g/mol. The Hall–Kier alpha value is 0.679. The zero-order chi connectivity index (χ0) is 20.1. The summed E-state index contributed by atoms with van der Waals surface area (Å²) in [6, 6.07) is 0. The van der Waals surface area contributed by atoms with E-state index in [1.54, 1.807) is 24.9 Å². The van der Waals surface area contributed by atoms with Crippen LogP contribution in [0.4, 0.5) is 0 Å². The fourth-order valence-electron chi connectivity index (χ4n) is 3.32. The molecule has 146 valence electrons. The minimum Gasteiger partial charge on any atom is -0.186 e. The van der Waals surface area contributed by atoms with E-state index in [0.29, 0.717) is 20.4 Å². The first-order valence-corrected chi connectivity index (χ1v) is 15.2. The summed E-state index contributed by atoms with van der Waals surface area (Å²) in [6.45, 7) is 18.8. The van der Waals surface area contributed by atoms with Gasteiger partial charge >= 0.3 is 26.5 Å². The molecule has 0 rings (SSSR count). The first-order valence-electron chi connectivity index (χ1n) is 10.7. The van der Waals surface area contributed by atoms with Crippen molar-refractivity contribution in [3.05, 3.63) is 0 Å². The Bertz CT molecular complexity index is 245. The molecule has 2 nitrogen and oxygen atoms in total. The average Bonchev–Trinajstić information content (AvgIpc) is 2.46. The van der Waals surface area contributed by atoms with Crippen LogP contribution in [0.25, 0.3) is 0 Å². The number of unbranched alkanes of at least 4 members (excludes halogenated alkanes) is 2. The molecular formula is C21H45AlMgO2. The molecule has 4 heteroatoms. The van der Waals surface area contributed by atoms with Gasteiger partial charge in [-0.05, 0) is 0 Å². The molecule has 0 saturated heterocycles. The van der Waals surface area contributed by atoms with E-state index >= 15 is 0 Å². The van der Waals surface area contributed by atoms with Gasteiger partial charge in [-0.2, -0.15) is 9.59 Å². The van der Waals surface area contributed by atoms with Crippen molar-refractivity contribution in [2.45, 2.75) is 106 Å². The third-order valence-corrected chi connectivity index (χ3v) is 10.9. The highest BCUT2D eigenvalue weighted by atomic mass is 27.2. The number of hydrogen-bond donors (Lipinski definition) is 0. The van der Waals surface area contributed by atoms with Gasteiger partial charge in [0.2, 0.25) is 0 Å². The standard InChI is InChI=1S/5C4H9.CO2.Al.Mg/c3*1-4(2)3;2*1-3-4-2;2-1-3;;/h3*4H,1H2,2-3H3;2*1,3-4H2,2H3;;;. The Labute approximate surface area is 173 Å². The summed E-state index contributed by atoms with van der Waals surface area (Å²) in [7, 11) is 0. The quantitative estimate of drug-likeness (QED) is 0.270. The van der Waals surface area contributed by atoms with Gasteiger partial charge in [-0.3, -0.25) is 0 Å².